The molecule has 4 aromatic heterocycles. The molecule has 0 amide bonds. The Morgan fingerprint density at radius 1 is 0.774 bits per heavy atom. The number of benzene rings is 2. The van der Waals surface area contributed by atoms with Gasteiger partial charge in [0.15, 0.2) is 0 Å². The summed E-state index contributed by atoms with van der Waals surface area (Å²) in [7, 11) is 0. The normalized spacial score (nSPS) is 13.5. The summed E-state index contributed by atoms with van der Waals surface area (Å²) in [5.41, 5.74) is 13.8. The molecule has 0 radical (unpaired) electrons. The molecule has 0 saturated carbocycles. The second-order valence-electron chi connectivity index (χ2n) is 8.50. The van der Waals surface area contributed by atoms with Crippen molar-refractivity contribution in [2.24, 2.45) is 0 Å². The van der Waals surface area contributed by atoms with Crippen LogP contribution in [0.25, 0.3) is 49.8 Å². The van der Waals surface area contributed by atoms with Gasteiger partial charge in [0.2, 0.25) is 0 Å². The van der Waals surface area contributed by atoms with Crippen molar-refractivity contribution in [1.29, 1.82) is 0 Å². The summed E-state index contributed by atoms with van der Waals surface area (Å²) in [6.45, 7) is 0. The Kier molecular flexibility index (Phi) is 2.72. The summed E-state index contributed by atoms with van der Waals surface area (Å²) >= 11 is 0. The number of pyridine rings is 3. The van der Waals surface area contributed by atoms with Gasteiger partial charge in [0.05, 0.1) is 22.4 Å². The Bertz CT molecular complexity index is 1740. The van der Waals surface area contributed by atoms with Crippen molar-refractivity contribution >= 4 is 27.5 Å². The molecule has 2 aliphatic rings. The van der Waals surface area contributed by atoms with Gasteiger partial charge in [0, 0.05) is 41.3 Å². The molecule has 0 atom stereocenters. The van der Waals surface area contributed by atoms with Crippen LogP contribution < -0.4 is 0 Å². The summed E-state index contributed by atoms with van der Waals surface area (Å²) in [4.78, 5) is 14.3. The van der Waals surface area contributed by atoms with Gasteiger partial charge < -0.3 is 0 Å². The molecule has 0 unspecified atom stereocenters. The van der Waals surface area contributed by atoms with E-state index in [-0.39, 0.29) is 0 Å². The van der Waals surface area contributed by atoms with Crippen LogP contribution in [0.1, 0.15) is 22.4 Å². The van der Waals surface area contributed by atoms with Crippen LogP contribution in [0.15, 0.2) is 73.2 Å². The van der Waals surface area contributed by atoms with Crippen LogP contribution in [0.4, 0.5) is 0 Å². The van der Waals surface area contributed by atoms with Crippen molar-refractivity contribution in [3.8, 4) is 22.4 Å². The highest BCUT2D eigenvalue weighted by Crippen LogP contribution is 2.48. The molecule has 31 heavy (non-hydrogen) atoms. The molecular formula is C27H16N4. The Labute approximate surface area is 177 Å². The van der Waals surface area contributed by atoms with E-state index in [0.717, 1.165) is 46.0 Å². The standard InChI is InChI=1S/C27H16N4/c1-2-5-17-15(4-1)12-20-18(17)8-7-16-13-23-26(24(16)20)30-27-19-6-3-10-29-25(19)21-14-28-11-9-22(21)31(23)27/h1-11,14H,12-13H2. The molecule has 4 heteroatoms. The van der Waals surface area contributed by atoms with Crippen molar-refractivity contribution in [3.05, 3.63) is 95.6 Å². The lowest BCUT2D eigenvalue weighted by Crippen LogP contribution is -1.97. The molecule has 0 spiro atoms. The van der Waals surface area contributed by atoms with Gasteiger partial charge in [-0.15, -0.1) is 0 Å². The van der Waals surface area contributed by atoms with Gasteiger partial charge in [0.1, 0.15) is 5.65 Å². The summed E-state index contributed by atoms with van der Waals surface area (Å²) in [5, 5.41) is 2.15. The third-order valence-corrected chi connectivity index (χ3v) is 6.98. The molecule has 0 aliphatic heterocycles. The number of nitrogens with zero attached hydrogens (tertiary/aromatic N) is 4. The lowest BCUT2D eigenvalue weighted by molar-refractivity contribution is 1.09. The van der Waals surface area contributed by atoms with Crippen LogP contribution in [-0.4, -0.2) is 19.4 Å². The molecule has 6 aromatic rings. The van der Waals surface area contributed by atoms with E-state index >= 15 is 0 Å². The zero-order chi connectivity index (χ0) is 20.1. The topological polar surface area (TPSA) is 43.1 Å². The lowest BCUT2D eigenvalue weighted by atomic mass is 9.97. The number of hydrogen-bond acceptors (Lipinski definition) is 3. The largest absolute Gasteiger partial charge is 0.295 e. The molecule has 2 aromatic carbocycles. The van der Waals surface area contributed by atoms with Gasteiger partial charge >= 0.3 is 0 Å². The molecule has 4 nitrogen and oxygen atoms in total. The van der Waals surface area contributed by atoms with E-state index in [0.29, 0.717) is 0 Å². The first kappa shape index (κ1) is 15.7. The number of hydrogen-bond donors (Lipinski definition) is 0. The van der Waals surface area contributed by atoms with E-state index in [1.807, 2.05) is 24.7 Å². The number of fused-ring (bicyclic) bond motifs is 14. The van der Waals surface area contributed by atoms with Crippen molar-refractivity contribution in [2.75, 3.05) is 0 Å². The molecule has 4 heterocycles. The summed E-state index contributed by atoms with van der Waals surface area (Å²) in [6, 6.07) is 19.6. The fourth-order valence-electron chi connectivity index (χ4n) is 5.70. The van der Waals surface area contributed by atoms with Gasteiger partial charge in [0.25, 0.3) is 0 Å². The van der Waals surface area contributed by atoms with Crippen molar-refractivity contribution in [1.82, 2.24) is 19.4 Å². The zero-order valence-corrected chi connectivity index (χ0v) is 16.6. The van der Waals surface area contributed by atoms with Crippen LogP contribution in [0.3, 0.4) is 0 Å². The molecule has 0 fully saturated rings. The van der Waals surface area contributed by atoms with Gasteiger partial charge in [-0.05, 0) is 52.4 Å². The van der Waals surface area contributed by atoms with Gasteiger partial charge in [-0.2, -0.15) is 0 Å². The second kappa shape index (κ2) is 5.35. The van der Waals surface area contributed by atoms with E-state index in [1.54, 1.807) is 0 Å². The summed E-state index contributed by atoms with van der Waals surface area (Å²) < 4.78 is 2.34. The number of aromatic nitrogens is 4. The van der Waals surface area contributed by atoms with E-state index < -0.39 is 0 Å². The Morgan fingerprint density at radius 2 is 1.74 bits per heavy atom. The highest BCUT2D eigenvalue weighted by atomic mass is 15.0. The molecule has 144 valence electrons. The molecule has 8 rings (SSSR count). The maximum absolute atomic E-state index is 5.26. The van der Waals surface area contributed by atoms with E-state index in [9.17, 15) is 0 Å². The fraction of sp³-hybridized carbons (Fsp3) is 0.0741. The van der Waals surface area contributed by atoms with E-state index in [1.165, 1.54) is 39.1 Å². The zero-order valence-electron chi connectivity index (χ0n) is 16.6. The molecule has 0 saturated heterocycles. The van der Waals surface area contributed by atoms with Crippen LogP contribution in [0, 0.1) is 0 Å². The van der Waals surface area contributed by atoms with E-state index in [2.05, 4.69) is 62.9 Å². The molecule has 0 N–H and O–H groups in total. The number of rotatable bonds is 0. The average molecular weight is 396 g/mol. The Hall–Kier alpha value is -4.05. The van der Waals surface area contributed by atoms with Crippen molar-refractivity contribution < 1.29 is 0 Å². The minimum absolute atomic E-state index is 0.901. The first-order valence-electron chi connectivity index (χ1n) is 10.6. The van der Waals surface area contributed by atoms with Crippen LogP contribution in [-0.2, 0) is 12.8 Å². The molecular weight excluding hydrogens is 380 g/mol. The summed E-state index contributed by atoms with van der Waals surface area (Å²) in [5.74, 6) is 0. The highest BCUT2D eigenvalue weighted by molar-refractivity contribution is 6.10. The van der Waals surface area contributed by atoms with Gasteiger partial charge in [-0.25, -0.2) is 4.98 Å². The SMILES string of the molecule is c1ccc2c(c1)Cc1c-2ccc2c1-c1nc3c4cccnc4c4cnccc4n3c1C2. The van der Waals surface area contributed by atoms with Gasteiger partial charge in [-0.1, -0.05) is 36.4 Å². The van der Waals surface area contributed by atoms with Crippen molar-refractivity contribution in [3.63, 3.8) is 0 Å². The first-order valence-corrected chi connectivity index (χ1v) is 10.6. The predicted molar refractivity (Wildman–Crippen MR) is 122 cm³/mol. The van der Waals surface area contributed by atoms with Crippen LogP contribution in [0.2, 0.25) is 0 Å². The molecule has 0 bridgehead atoms. The van der Waals surface area contributed by atoms with Crippen LogP contribution in [0.5, 0.6) is 0 Å². The first-order chi connectivity index (χ1) is 15.4. The maximum atomic E-state index is 5.26. The van der Waals surface area contributed by atoms with E-state index in [4.69, 9.17) is 4.98 Å². The number of imidazole rings is 1. The van der Waals surface area contributed by atoms with Crippen LogP contribution >= 0.6 is 0 Å². The second-order valence-corrected chi connectivity index (χ2v) is 8.50. The third-order valence-electron chi connectivity index (χ3n) is 6.98. The molecule has 2 aliphatic carbocycles. The smallest absolute Gasteiger partial charge is 0.147 e. The predicted octanol–water partition coefficient (Wildman–Crippen LogP) is 5.57. The lowest BCUT2D eigenvalue weighted by Gasteiger charge is -2.09. The van der Waals surface area contributed by atoms with Crippen molar-refractivity contribution in [2.45, 2.75) is 12.8 Å². The minimum Gasteiger partial charge on any atom is -0.295 e. The maximum Gasteiger partial charge on any atom is 0.147 e. The monoisotopic (exact) mass is 396 g/mol. The minimum atomic E-state index is 0.901. The fourth-order valence-corrected chi connectivity index (χ4v) is 5.70. The average Bonchev–Trinajstić information content (AvgIpc) is 3.48. The van der Waals surface area contributed by atoms with Gasteiger partial charge in [-0.3, -0.25) is 14.4 Å². The Balaban J connectivity index is 1.52. The highest BCUT2D eigenvalue weighted by Gasteiger charge is 2.32. The quantitative estimate of drug-likeness (QED) is 0.315. The third kappa shape index (κ3) is 1.84. The Morgan fingerprint density at radius 3 is 2.74 bits per heavy atom. The summed E-state index contributed by atoms with van der Waals surface area (Å²) in [6.07, 6.45) is 7.52.